The Balaban J connectivity index is 1.91. The Kier molecular flexibility index (Phi) is 3.32. The van der Waals surface area contributed by atoms with E-state index in [1.807, 2.05) is 41.1 Å². The van der Waals surface area contributed by atoms with E-state index in [4.69, 9.17) is 21.4 Å². The first-order valence-corrected chi connectivity index (χ1v) is 8.22. The number of aromatic nitrogens is 2. The SMILES string of the molecule is COc1ccccc1-n1nc(-c2ccc(Cl)s2)c2c1NCC2. The zero-order valence-electron chi connectivity index (χ0n) is 12.0. The first-order chi connectivity index (χ1) is 10.8. The van der Waals surface area contributed by atoms with Gasteiger partial charge in [0.2, 0.25) is 0 Å². The normalized spacial score (nSPS) is 13.0. The highest BCUT2D eigenvalue weighted by Gasteiger charge is 2.25. The third-order valence-electron chi connectivity index (χ3n) is 3.77. The highest BCUT2D eigenvalue weighted by Crippen LogP contribution is 2.39. The highest BCUT2D eigenvalue weighted by molar-refractivity contribution is 7.19. The lowest BCUT2D eigenvalue weighted by molar-refractivity contribution is 0.412. The monoisotopic (exact) mass is 331 g/mol. The van der Waals surface area contributed by atoms with E-state index in [1.54, 1.807) is 18.4 Å². The maximum absolute atomic E-state index is 6.08. The molecule has 0 unspecified atom stereocenters. The van der Waals surface area contributed by atoms with Gasteiger partial charge in [0.15, 0.2) is 0 Å². The summed E-state index contributed by atoms with van der Waals surface area (Å²) in [6.07, 6.45) is 0.968. The molecule has 22 heavy (non-hydrogen) atoms. The number of hydrogen-bond acceptors (Lipinski definition) is 4. The summed E-state index contributed by atoms with van der Waals surface area (Å²) in [7, 11) is 1.68. The molecular formula is C16H14ClN3OS. The Morgan fingerprint density at radius 3 is 2.91 bits per heavy atom. The second-order valence-corrected chi connectivity index (χ2v) is 6.76. The van der Waals surface area contributed by atoms with Crippen LogP contribution >= 0.6 is 22.9 Å². The van der Waals surface area contributed by atoms with E-state index in [0.29, 0.717) is 0 Å². The van der Waals surface area contributed by atoms with Gasteiger partial charge in [0.05, 0.1) is 16.3 Å². The van der Waals surface area contributed by atoms with Crippen LogP contribution in [0.1, 0.15) is 5.56 Å². The molecule has 0 atom stereocenters. The van der Waals surface area contributed by atoms with E-state index in [0.717, 1.165) is 45.1 Å². The average molecular weight is 332 g/mol. The number of nitrogens with one attached hydrogen (secondary N) is 1. The van der Waals surface area contributed by atoms with Crippen molar-refractivity contribution < 1.29 is 4.74 Å². The molecule has 1 aromatic carbocycles. The Labute approximate surface area is 137 Å². The van der Waals surface area contributed by atoms with Crippen LogP contribution in [0.2, 0.25) is 4.34 Å². The molecule has 3 heterocycles. The number of rotatable bonds is 3. The van der Waals surface area contributed by atoms with Crippen molar-refractivity contribution in [1.29, 1.82) is 0 Å². The summed E-state index contributed by atoms with van der Waals surface area (Å²) < 4.78 is 8.19. The second-order valence-electron chi connectivity index (χ2n) is 5.04. The van der Waals surface area contributed by atoms with Gasteiger partial charge in [-0.3, -0.25) is 0 Å². The van der Waals surface area contributed by atoms with E-state index < -0.39 is 0 Å². The first-order valence-electron chi connectivity index (χ1n) is 7.03. The third-order valence-corrected chi connectivity index (χ3v) is 5.01. The summed E-state index contributed by atoms with van der Waals surface area (Å²) in [6.45, 7) is 0.925. The largest absolute Gasteiger partial charge is 0.494 e. The van der Waals surface area contributed by atoms with Crippen LogP contribution in [-0.2, 0) is 6.42 Å². The smallest absolute Gasteiger partial charge is 0.144 e. The van der Waals surface area contributed by atoms with Crippen molar-refractivity contribution in [1.82, 2.24) is 9.78 Å². The van der Waals surface area contributed by atoms with E-state index >= 15 is 0 Å². The molecule has 0 saturated carbocycles. The van der Waals surface area contributed by atoms with E-state index in [2.05, 4.69) is 5.32 Å². The molecule has 2 aromatic heterocycles. The molecule has 0 saturated heterocycles. The fraction of sp³-hybridized carbons (Fsp3) is 0.188. The van der Waals surface area contributed by atoms with Gasteiger partial charge in [-0.15, -0.1) is 11.3 Å². The molecule has 3 aromatic rings. The lowest BCUT2D eigenvalue weighted by Gasteiger charge is -2.10. The molecule has 4 nitrogen and oxygen atoms in total. The lowest BCUT2D eigenvalue weighted by atomic mass is 10.2. The van der Waals surface area contributed by atoms with Gasteiger partial charge in [0, 0.05) is 12.1 Å². The minimum Gasteiger partial charge on any atom is -0.494 e. The molecule has 1 aliphatic heterocycles. The Morgan fingerprint density at radius 1 is 1.27 bits per heavy atom. The number of methoxy groups -OCH3 is 1. The van der Waals surface area contributed by atoms with Crippen LogP contribution in [0.5, 0.6) is 5.75 Å². The molecule has 0 spiro atoms. The molecule has 0 fully saturated rings. The van der Waals surface area contributed by atoms with Crippen LogP contribution in [0.4, 0.5) is 5.82 Å². The minimum atomic E-state index is 0.779. The van der Waals surface area contributed by atoms with Crippen LogP contribution in [-0.4, -0.2) is 23.4 Å². The Bertz CT molecular complexity index is 840. The molecule has 0 amide bonds. The van der Waals surface area contributed by atoms with Gasteiger partial charge in [-0.1, -0.05) is 23.7 Å². The van der Waals surface area contributed by atoms with Crippen molar-refractivity contribution in [3.63, 3.8) is 0 Å². The predicted octanol–water partition coefficient (Wildman–Crippen LogP) is 4.23. The maximum atomic E-state index is 6.08. The summed E-state index contributed by atoms with van der Waals surface area (Å²) in [5, 5.41) is 8.25. The predicted molar refractivity (Wildman–Crippen MR) is 90.6 cm³/mol. The van der Waals surface area contributed by atoms with Gasteiger partial charge in [-0.05, 0) is 30.7 Å². The number of fused-ring (bicyclic) bond motifs is 1. The van der Waals surface area contributed by atoms with Crippen LogP contribution in [0, 0.1) is 0 Å². The number of ether oxygens (including phenoxy) is 1. The zero-order chi connectivity index (χ0) is 15.1. The van der Waals surface area contributed by atoms with Gasteiger partial charge < -0.3 is 10.1 Å². The number of para-hydroxylation sites is 2. The second kappa shape index (κ2) is 5.34. The molecule has 0 aliphatic carbocycles. The summed E-state index contributed by atoms with van der Waals surface area (Å²) >= 11 is 7.64. The Hall–Kier alpha value is -1.98. The van der Waals surface area contributed by atoms with Crippen molar-refractivity contribution in [2.24, 2.45) is 0 Å². The van der Waals surface area contributed by atoms with Crippen molar-refractivity contribution in [3.05, 3.63) is 46.3 Å². The van der Waals surface area contributed by atoms with E-state index in [9.17, 15) is 0 Å². The standard InChI is InChI=1S/C16H14ClN3OS/c1-21-12-5-3-2-4-11(12)20-16-10(8-9-18-16)15(19-20)13-6-7-14(17)22-13/h2-7,18H,8-9H2,1H3. The van der Waals surface area contributed by atoms with Crippen molar-refractivity contribution in [3.8, 4) is 22.0 Å². The molecule has 4 rings (SSSR count). The van der Waals surface area contributed by atoms with Crippen LogP contribution in [0.15, 0.2) is 36.4 Å². The number of thiophene rings is 1. The topological polar surface area (TPSA) is 39.1 Å². The van der Waals surface area contributed by atoms with Crippen LogP contribution in [0.25, 0.3) is 16.3 Å². The number of nitrogens with zero attached hydrogens (tertiary/aromatic N) is 2. The van der Waals surface area contributed by atoms with Crippen molar-refractivity contribution in [2.75, 3.05) is 19.0 Å². The quantitative estimate of drug-likeness (QED) is 0.780. The van der Waals surface area contributed by atoms with Crippen LogP contribution in [0.3, 0.4) is 0 Å². The first kappa shape index (κ1) is 13.7. The molecule has 1 aliphatic rings. The number of benzene rings is 1. The molecule has 1 N–H and O–H groups in total. The number of anilines is 1. The molecule has 0 bridgehead atoms. The lowest BCUT2D eigenvalue weighted by Crippen LogP contribution is -2.05. The summed E-state index contributed by atoms with van der Waals surface area (Å²) in [5.41, 5.74) is 3.18. The van der Waals surface area contributed by atoms with Gasteiger partial charge in [0.25, 0.3) is 0 Å². The fourth-order valence-electron chi connectivity index (χ4n) is 2.79. The average Bonchev–Trinajstić information content (AvgIpc) is 3.23. The summed E-state index contributed by atoms with van der Waals surface area (Å²) in [5.74, 6) is 1.85. The van der Waals surface area contributed by atoms with Gasteiger partial charge in [-0.25, -0.2) is 4.68 Å². The minimum absolute atomic E-state index is 0.779. The Morgan fingerprint density at radius 2 is 2.14 bits per heavy atom. The molecule has 112 valence electrons. The molecule has 6 heteroatoms. The molecular weight excluding hydrogens is 318 g/mol. The van der Waals surface area contributed by atoms with E-state index in [-0.39, 0.29) is 0 Å². The van der Waals surface area contributed by atoms with Crippen molar-refractivity contribution >= 4 is 28.8 Å². The highest BCUT2D eigenvalue weighted by atomic mass is 35.5. The summed E-state index contributed by atoms with van der Waals surface area (Å²) in [4.78, 5) is 1.10. The number of halogens is 1. The van der Waals surface area contributed by atoms with Gasteiger partial charge in [0.1, 0.15) is 22.9 Å². The summed E-state index contributed by atoms with van der Waals surface area (Å²) in [6, 6.07) is 11.8. The maximum Gasteiger partial charge on any atom is 0.144 e. The van der Waals surface area contributed by atoms with Crippen LogP contribution < -0.4 is 10.1 Å². The van der Waals surface area contributed by atoms with Gasteiger partial charge >= 0.3 is 0 Å². The third kappa shape index (κ3) is 2.09. The fourth-order valence-corrected chi connectivity index (χ4v) is 3.85. The van der Waals surface area contributed by atoms with E-state index in [1.165, 1.54) is 5.56 Å². The van der Waals surface area contributed by atoms with Crippen molar-refractivity contribution in [2.45, 2.75) is 6.42 Å². The number of hydrogen-bond donors (Lipinski definition) is 1. The molecule has 0 radical (unpaired) electrons. The zero-order valence-corrected chi connectivity index (χ0v) is 13.5. The van der Waals surface area contributed by atoms with Gasteiger partial charge in [-0.2, -0.15) is 5.10 Å².